The van der Waals surface area contributed by atoms with Crippen LogP contribution in [0.25, 0.3) is 10.2 Å². The molecule has 0 aliphatic heterocycles. The number of alkyl halides is 3. The summed E-state index contributed by atoms with van der Waals surface area (Å²) in [6, 6.07) is 12.7. The molecule has 8 heteroatoms. The maximum atomic E-state index is 10.6. The van der Waals surface area contributed by atoms with E-state index >= 15 is 0 Å². The van der Waals surface area contributed by atoms with Crippen molar-refractivity contribution in [2.24, 2.45) is 0 Å². The second-order valence-electron chi connectivity index (χ2n) is 4.52. The zero-order valence-corrected chi connectivity index (χ0v) is 12.9. The topological polar surface area (TPSA) is 76.2 Å². The molecule has 0 atom stereocenters. The highest BCUT2D eigenvalue weighted by molar-refractivity contribution is 7.19. The van der Waals surface area contributed by atoms with Crippen molar-refractivity contribution in [1.29, 1.82) is 0 Å². The predicted octanol–water partition coefficient (Wildman–Crippen LogP) is 4.10. The van der Waals surface area contributed by atoms with Gasteiger partial charge in [-0.05, 0) is 17.7 Å². The number of halogens is 3. The Morgan fingerprint density at radius 3 is 2.46 bits per heavy atom. The van der Waals surface area contributed by atoms with Crippen LogP contribution in [-0.4, -0.2) is 22.2 Å². The van der Waals surface area contributed by atoms with Gasteiger partial charge < -0.3 is 10.8 Å². The number of nitrogens with zero attached hydrogens (tertiary/aromatic N) is 1. The summed E-state index contributed by atoms with van der Waals surface area (Å²) < 4.78 is 49.2. The summed E-state index contributed by atoms with van der Waals surface area (Å²) in [4.78, 5) is 13.8. The fourth-order valence-corrected chi connectivity index (χ4v) is 2.64. The largest absolute Gasteiger partial charge is 0.490 e. The Kier molecular flexibility index (Phi) is 4.55. The van der Waals surface area contributed by atoms with E-state index in [-0.39, 0.29) is 0 Å². The normalized spacial score (nSPS) is 12.8. The molecule has 0 radical (unpaired) electrons. The van der Waals surface area contributed by atoms with Crippen LogP contribution in [0.3, 0.4) is 0 Å². The van der Waals surface area contributed by atoms with Crippen LogP contribution in [0, 0.1) is 0 Å². The Bertz CT molecular complexity index is 915. The maximum Gasteiger partial charge on any atom is 0.490 e. The number of hydrogen-bond donors (Lipinski definition) is 2. The number of rotatable bonds is 2. The number of pyridine rings is 1. The number of hydrogen-bond acceptors (Lipinski definition) is 4. The molecule has 0 amide bonds. The monoisotopic (exact) mass is 356 g/mol. The van der Waals surface area contributed by atoms with Gasteiger partial charge in [0.05, 0.1) is 15.9 Å². The fraction of sp³-hybridized carbons (Fsp3) is 0.125. The number of thiophene rings is 1. The van der Waals surface area contributed by atoms with Gasteiger partial charge in [0.25, 0.3) is 0 Å². The van der Waals surface area contributed by atoms with Crippen LogP contribution in [0.5, 0.6) is 0 Å². The van der Waals surface area contributed by atoms with E-state index in [1.54, 1.807) is 30.5 Å². The molecule has 4 nitrogen and oxygen atoms in total. The molecule has 0 aliphatic carbocycles. The predicted molar refractivity (Wildman–Crippen MR) is 87.0 cm³/mol. The molecular formula is C16H13F3N2O2S. The average molecular weight is 356 g/mol. The molecule has 3 rings (SSSR count). The summed E-state index contributed by atoms with van der Waals surface area (Å²) >= 11 is 1.36. The number of aromatic nitrogens is 1. The summed E-state index contributed by atoms with van der Waals surface area (Å²) in [5.74, 6) is -2.76. The van der Waals surface area contributed by atoms with Gasteiger partial charge in [-0.2, -0.15) is 13.2 Å². The summed E-state index contributed by atoms with van der Waals surface area (Å²) in [5, 5.41) is 7.12. The van der Waals surface area contributed by atoms with Gasteiger partial charge in [-0.25, -0.2) is 4.79 Å². The van der Waals surface area contributed by atoms with Crippen molar-refractivity contribution in [1.82, 2.24) is 4.98 Å². The molecule has 2 aromatic heterocycles. The molecule has 1 aromatic carbocycles. The van der Waals surface area contributed by atoms with Crippen LogP contribution in [0.15, 0.2) is 48.7 Å². The molecule has 24 heavy (non-hydrogen) atoms. The molecule has 3 aromatic rings. The number of fused-ring (bicyclic) bond motifs is 1. The van der Waals surface area contributed by atoms with E-state index in [1.165, 1.54) is 11.3 Å². The van der Waals surface area contributed by atoms with Gasteiger partial charge in [-0.1, -0.05) is 30.3 Å². The standard InChI is InChI=1S/C14H12N2S.C2HF3O2/c15-12-6-7-16-13-9-11(17-14(12)13)8-10-4-2-1-3-5-10;3-2(4,5)1(6)7/h1-7,9H,8H2,(H2,15,16);(H,6,7)/i8D2;. The molecule has 0 bridgehead atoms. The summed E-state index contributed by atoms with van der Waals surface area (Å²) in [6.45, 7) is 0. The van der Waals surface area contributed by atoms with E-state index in [0.717, 1.165) is 10.2 Å². The van der Waals surface area contributed by atoms with Gasteiger partial charge in [0, 0.05) is 20.2 Å². The van der Waals surface area contributed by atoms with Crippen molar-refractivity contribution < 1.29 is 25.8 Å². The molecule has 2 heterocycles. The lowest BCUT2D eigenvalue weighted by atomic mass is 10.1. The number of carboxylic acid groups (broad SMARTS) is 1. The maximum absolute atomic E-state index is 10.6. The molecule has 0 fully saturated rings. The molecule has 3 N–H and O–H groups in total. The lowest BCUT2D eigenvalue weighted by Crippen LogP contribution is -2.21. The van der Waals surface area contributed by atoms with Gasteiger partial charge in [0.1, 0.15) is 0 Å². The minimum absolute atomic E-state index is 0.624. The molecule has 0 aliphatic rings. The van der Waals surface area contributed by atoms with Crippen LogP contribution in [0.2, 0.25) is 0 Å². The molecule has 0 unspecified atom stereocenters. The first-order valence-electron chi connectivity index (χ1n) is 7.53. The first kappa shape index (κ1) is 14.9. The van der Waals surface area contributed by atoms with Crippen LogP contribution >= 0.6 is 11.3 Å². The van der Waals surface area contributed by atoms with E-state index < -0.39 is 18.5 Å². The molecule has 0 saturated heterocycles. The van der Waals surface area contributed by atoms with Crippen molar-refractivity contribution in [2.75, 3.05) is 5.73 Å². The smallest absolute Gasteiger partial charge is 0.475 e. The first-order valence-corrected chi connectivity index (χ1v) is 7.35. The summed E-state index contributed by atoms with van der Waals surface area (Å²) in [7, 11) is 0. The minimum Gasteiger partial charge on any atom is -0.475 e. The molecule has 0 saturated carbocycles. The van der Waals surface area contributed by atoms with Crippen LogP contribution in [-0.2, 0) is 11.2 Å². The van der Waals surface area contributed by atoms with Crippen molar-refractivity contribution in [3.63, 3.8) is 0 Å². The second-order valence-corrected chi connectivity index (χ2v) is 5.57. The average Bonchev–Trinajstić information content (AvgIpc) is 3.02. The number of aliphatic carboxylic acids is 1. The van der Waals surface area contributed by atoms with Crippen LogP contribution in [0.4, 0.5) is 18.9 Å². The van der Waals surface area contributed by atoms with Crippen molar-refractivity contribution in [3.05, 3.63) is 59.1 Å². The van der Waals surface area contributed by atoms with Gasteiger partial charge in [-0.3, -0.25) is 4.98 Å². The van der Waals surface area contributed by atoms with Gasteiger partial charge >= 0.3 is 12.1 Å². The highest BCUT2D eigenvalue weighted by atomic mass is 32.1. The number of benzene rings is 1. The number of nitrogen functional groups attached to an aromatic ring is 1. The second kappa shape index (κ2) is 7.31. The fourth-order valence-electron chi connectivity index (χ4n) is 1.68. The lowest BCUT2D eigenvalue weighted by Gasteiger charge is -1.96. The van der Waals surface area contributed by atoms with E-state index in [9.17, 15) is 13.2 Å². The molecule has 126 valence electrons. The van der Waals surface area contributed by atoms with Crippen molar-refractivity contribution in [2.45, 2.75) is 12.5 Å². The summed E-state index contributed by atoms with van der Waals surface area (Å²) in [6.07, 6.45) is -4.97. The molecule has 0 spiro atoms. The third-order valence-electron chi connectivity index (χ3n) is 2.73. The van der Waals surface area contributed by atoms with Gasteiger partial charge in [0.15, 0.2) is 0 Å². The van der Waals surface area contributed by atoms with E-state index in [0.29, 0.717) is 16.1 Å². The third-order valence-corrected chi connectivity index (χ3v) is 3.81. The Hall–Kier alpha value is -2.61. The Labute approximate surface area is 142 Å². The highest BCUT2D eigenvalue weighted by Crippen LogP contribution is 2.29. The lowest BCUT2D eigenvalue weighted by molar-refractivity contribution is -0.192. The highest BCUT2D eigenvalue weighted by Gasteiger charge is 2.38. The van der Waals surface area contributed by atoms with E-state index in [4.69, 9.17) is 18.4 Å². The van der Waals surface area contributed by atoms with Crippen molar-refractivity contribution >= 4 is 33.2 Å². The Balaban J connectivity index is 0.000000298. The number of nitrogens with two attached hydrogens (primary N) is 1. The van der Waals surface area contributed by atoms with Crippen molar-refractivity contribution in [3.8, 4) is 0 Å². The zero-order valence-electron chi connectivity index (χ0n) is 14.0. The van der Waals surface area contributed by atoms with Crippen LogP contribution in [0.1, 0.15) is 13.2 Å². The zero-order chi connectivity index (χ0) is 19.5. The van der Waals surface area contributed by atoms with Gasteiger partial charge in [-0.15, -0.1) is 11.3 Å². The number of carbonyl (C=O) groups is 1. The number of anilines is 1. The Morgan fingerprint density at radius 1 is 1.29 bits per heavy atom. The number of carboxylic acids is 1. The van der Waals surface area contributed by atoms with E-state index in [1.807, 2.05) is 18.2 Å². The SMILES string of the molecule is O=C(O)C(F)(F)F.[2H]C([2H])(c1ccccc1)c1cc2nccc(N)c2s1. The van der Waals surface area contributed by atoms with Crippen LogP contribution < -0.4 is 5.73 Å². The quantitative estimate of drug-likeness (QED) is 0.725. The Morgan fingerprint density at radius 2 is 1.92 bits per heavy atom. The first-order chi connectivity index (χ1) is 12.0. The molecular weight excluding hydrogens is 341 g/mol. The minimum atomic E-state index is -5.08. The van der Waals surface area contributed by atoms with Gasteiger partial charge in [0.2, 0.25) is 0 Å². The van der Waals surface area contributed by atoms with E-state index in [2.05, 4.69) is 4.98 Å². The summed E-state index contributed by atoms with van der Waals surface area (Å²) in [5.41, 5.74) is 7.93. The third kappa shape index (κ3) is 4.69.